The van der Waals surface area contributed by atoms with Crippen molar-refractivity contribution in [2.75, 3.05) is 17.7 Å². The predicted molar refractivity (Wildman–Crippen MR) is 101 cm³/mol. The van der Waals surface area contributed by atoms with Gasteiger partial charge >= 0.3 is 0 Å². The maximum Gasteiger partial charge on any atom is 0.227 e. The number of carbonyl (C=O) groups excluding carboxylic acids is 2. The summed E-state index contributed by atoms with van der Waals surface area (Å²) in [5, 5.41) is 2.88. The van der Waals surface area contributed by atoms with Crippen LogP contribution >= 0.6 is 11.8 Å². The molecule has 0 heterocycles. The van der Waals surface area contributed by atoms with Crippen molar-refractivity contribution in [3.63, 3.8) is 0 Å². The second kappa shape index (κ2) is 9.74. The second-order valence-electron chi connectivity index (χ2n) is 5.52. The van der Waals surface area contributed by atoms with Crippen molar-refractivity contribution in [3.05, 3.63) is 54.1 Å². The van der Waals surface area contributed by atoms with Crippen LogP contribution in [0.3, 0.4) is 0 Å². The average Bonchev–Trinajstić information content (AvgIpc) is 2.59. The highest BCUT2D eigenvalue weighted by Crippen LogP contribution is 2.26. The number of anilines is 1. The third-order valence-corrected chi connectivity index (χ3v) is 4.53. The monoisotopic (exact) mass is 358 g/mol. The molecule has 2 amide bonds. The number of benzene rings is 2. The largest absolute Gasteiger partial charge is 0.493 e. The summed E-state index contributed by atoms with van der Waals surface area (Å²) in [6, 6.07) is 15.2. The molecule has 25 heavy (non-hydrogen) atoms. The van der Waals surface area contributed by atoms with Crippen LogP contribution in [0.15, 0.2) is 53.4 Å². The van der Waals surface area contributed by atoms with Gasteiger partial charge in [-0.25, -0.2) is 0 Å². The number of primary amides is 1. The van der Waals surface area contributed by atoms with Gasteiger partial charge in [-0.2, -0.15) is 0 Å². The van der Waals surface area contributed by atoms with Crippen molar-refractivity contribution >= 4 is 29.3 Å². The number of thioether (sulfide) groups is 1. The fourth-order valence-corrected chi connectivity index (χ4v) is 2.94. The highest BCUT2D eigenvalue weighted by molar-refractivity contribution is 8.00. The van der Waals surface area contributed by atoms with E-state index < -0.39 is 0 Å². The van der Waals surface area contributed by atoms with Crippen molar-refractivity contribution in [1.82, 2.24) is 0 Å². The number of hydrogen-bond donors (Lipinski definition) is 2. The van der Waals surface area contributed by atoms with Gasteiger partial charge in [0.25, 0.3) is 0 Å². The molecule has 0 aliphatic heterocycles. The Morgan fingerprint density at radius 3 is 2.60 bits per heavy atom. The van der Waals surface area contributed by atoms with E-state index in [1.807, 2.05) is 55.5 Å². The Balaban J connectivity index is 1.78. The first-order valence-electron chi connectivity index (χ1n) is 8.04. The van der Waals surface area contributed by atoms with Crippen molar-refractivity contribution in [1.29, 1.82) is 0 Å². The summed E-state index contributed by atoms with van der Waals surface area (Å²) < 4.78 is 5.69. The lowest BCUT2D eigenvalue weighted by atomic mass is 10.2. The second-order valence-corrected chi connectivity index (χ2v) is 6.53. The Hall–Kier alpha value is -2.47. The quantitative estimate of drug-likeness (QED) is 0.532. The molecule has 2 rings (SSSR count). The maximum atomic E-state index is 12.1. The van der Waals surface area contributed by atoms with Crippen molar-refractivity contribution in [2.45, 2.75) is 24.7 Å². The number of ether oxygens (including phenoxy) is 1. The van der Waals surface area contributed by atoms with Crippen LogP contribution in [0, 0.1) is 6.92 Å². The molecule has 0 radical (unpaired) electrons. The van der Waals surface area contributed by atoms with E-state index in [0.29, 0.717) is 25.1 Å². The van der Waals surface area contributed by atoms with E-state index in [1.54, 1.807) is 0 Å². The van der Waals surface area contributed by atoms with Crippen molar-refractivity contribution < 1.29 is 14.3 Å². The van der Waals surface area contributed by atoms with Crippen molar-refractivity contribution in [2.24, 2.45) is 5.73 Å². The van der Waals surface area contributed by atoms with Crippen LogP contribution in [0.25, 0.3) is 0 Å². The van der Waals surface area contributed by atoms with Gasteiger partial charge in [0.15, 0.2) is 0 Å². The summed E-state index contributed by atoms with van der Waals surface area (Å²) in [5.41, 5.74) is 6.94. The van der Waals surface area contributed by atoms with E-state index in [9.17, 15) is 9.59 Å². The first-order chi connectivity index (χ1) is 12.1. The van der Waals surface area contributed by atoms with Crippen LogP contribution in [0.2, 0.25) is 0 Å². The van der Waals surface area contributed by atoms with Crippen LogP contribution in [0.4, 0.5) is 5.69 Å². The molecule has 0 aliphatic carbocycles. The average molecular weight is 358 g/mol. The molecule has 5 nitrogen and oxygen atoms in total. The van der Waals surface area contributed by atoms with Crippen LogP contribution in [-0.4, -0.2) is 24.2 Å². The van der Waals surface area contributed by atoms with Gasteiger partial charge in [-0.3, -0.25) is 9.59 Å². The molecular weight excluding hydrogens is 336 g/mol. The molecule has 0 spiro atoms. The molecular formula is C19H22N2O3S. The van der Waals surface area contributed by atoms with Crippen LogP contribution in [-0.2, 0) is 9.59 Å². The van der Waals surface area contributed by atoms with Gasteiger partial charge < -0.3 is 15.8 Å². The lowest BCUT2D eigenvalue weighted by Gasteiger charge is -2.11. The van der Waals surface area contributed by atoms with Crippen LogP contribution in [0.1, 0.15) is 18.4 Å². The van der Waals surface area contributed by atoms with E-state index >= 15 is 0 Å². The molecule has 132 valence electrons. The van der Waals surface area contributed by atoms with E-state index in [0.717, 1.165) is 16.2 Å². The summed E-state index contributed by atoms with van der Waals surface area (Å²) >= 11 is 1.31. The molecule has 0 fully saturated rings. The zero-order valence-corrected chi connectivity index (χ0v) is 15.0. The molecule has 0 saturated heterocycles. The minimum absolute atomic E-state index is 0.0829. The molecule has 0 unspecified atom stereocenters. The van der Waals surface area contributed by atoms with Gasteiger partial charge in [0.2, 0.25) is 11.8 Å². The Morgan fingerprint density at radius 1 is 1.12 bits per heavy atom. The van der Waals surface area contributed by atoms with Gasteiger partial charge in [-0.1, -0.05) is 30.3 Å². The van der Waals surface area contributed by atoms with E-state index in [1.165, 1.54) is 11.8 Å². The first-order valence-corrected chi connectivity index (χ1v) is 9.03. The Kier molecular flexibility index (Phi) is 7.35. The van der Waals surface area contributed by atoms with E-state index in [2.05, 4.69) is 5.32 Å². The minimum Gasteiger partial charge on any atom is -0.493 e. The summed E-state index contributed by atoms with van der Waals surface area (Å²) in [6.45, 7) is 2.47. The molecule has 3 N–H and O–H groups in total. The fourth-order valence-electron chi connectivity index (χ4n) is 2.19. The highest BCUT2D eigenvalue weighted by atomic mass is 32.2. The number of amides is 2. The number of aryl methyl sites for hydroxylation is 1. The molecule has 2 aromatic carbocycles. The number of rotatable bonds is 9. The van der Waals surface area contributed by atoms with Crippen molar-refractivity contribution in [3.8, 4) is 5.75 Å². The molecule has 2 aromatic rings. The smallest absolute Gasteiger partial charge is 0.227 e. The molecule has 0 bridgehead atoms. The highest BCUT2D eigenvalue weighted by Gasteiger charge is 2.08. The van der Waals surface area contributed by atoms with E-state index in [-0.39, 0.29) is 17.6 Å². The van der Waals surface area contributed by atoms with Gasteiger partial charge in [-0.05, 0) is 37.1 Å². The Morgan fingerprint density at radius 2 is 1.84 bits per heavy atom. The number of para-hydroxylation sites is 2. The lowest BCUT2D eigenvalue weighted by Crippen LogP contribution is -2.15. The summed E-state index contributed by atoms with van der Waals surface area (Å²) in [5.74, 6) is 0.549. The zero-order chi connectivity index (χ0) is 18.1. The first kappa shape index (κ1) is 18.9. The zero-order valence-electron chi connectivity index (χ0n) is 14.2. The minimum atomic E-state index is -0.389. The Labute approximate surface area is 151 Å². The molecule has 0 aliphatic rings. The molecule has 0 saturated carbocycles. The third kappa shape index (κ3) is 6.51. The van der Waals surface area contributed by atoms with Gasteiger partial charge in [0.1, 0.15) is 5.75 Å². The molecule has 6 heteroatoms. The summed E-state index contributed by atoms with van der Waals surface area (Å²) in [7, 11) is 0. The maximum absolute atomic E-state index is 12.1. The normalized spacial score (nSPS) is 10.3. The standard InChI is InChI=1S/C19H22N2O3S/c1-14-7-2-4-9-16(14)24-12-6-11-19(23)21-15-8-3-5-10-17(15)25-13-18(20)22/h2-5,7-10H,6,11-13H2,1H3,(H2,20,22)(H,21,23). The Bertz CT molecular complexity index is 734. The lowest BCUT2D eigenvalue weighted by molar-refractivity contribution is -0.116. The molecule has 0 aromatic heterocycles. The van der Waals surface area contributed by atoms with Crippen LogP contribution in [0.5, 0.6) is 5.75 Å². The number of carbonyl (C=O) groups is 2. The van der Waals surface area contributed by atoms with Gasteiger partial charge in [-0.15, -0.1) is 11.8 Å². The summed E-state index contributed by atoms with van der Waals surface area (Å²) in [4.78, 5) is 23.9. The van der Waals surface area contributed by atoms with E-state index in [4.69, 9.17) is 10.5 Å². The van der Waals surface area contributed by atoms with Gasteiger partial charge in [0.05, 0.1) is 18.0 Å². The SMILES string of the molecule is Cc1ccccc1OCCCC(=O)Nc1ccccc1SCC(N)=O. The van der Waals surface area contributed by atoms with Gasteiger partial charge in [0, 0.05) is 11.3 Å². The predicted octanol–water partition coefficient (Wildman–Crippen LogP) is 3.37. The number of nitrogens with two attached hydrogens (primary N) is 1. The fraction of sp³-hybridized carbons (Fsp3) is 0.263. The summed E-state index contributed by atoms with van der Waals surface area (Å²) in [6.07, 6.45) is 0.984. The molecule has 0 atom stereocenters. The number of nitrogens with one attached hydrogen (secondary N) is 1. The van der Waals surface area contributed by atoms with Crippen LogP contribution < -0.4 is 15.8 Å². The number of hydrogen-bond acceptors (Lipinski definition) is 4. The third-order valence-electron chi connectivity index (χ3n) is 3.43. The topological polar surface area (TPSA) is 81.4 Å².